The van der Waals surface area contributed by atoms with E-state index in [1.54, 1.807) is 24.3 Å². The van der Waals surface area contributed by atoms with Gasteiger partial charge < -0.3 is 20.5 Å². The lowest BCUT2D eigenvalue weighted by molar-refractivity contribution is -0.144. The molecule has 8 heteroatoms. The van der Waals surface area contributed by atoms with Gasteiger partial charge in [-0.05, 0) is 35.9 Å². The van der Waals surface area contributed by atoms with E-state index in [0.717, 1.165) is 0 Å². The van der Waals surface area contributed by atoms with Crippen molar-refractivity contribution in [3.8, 4) is 5.75 Å². The summed E-state index contributed by atoms with van der Waals surface area (Å²) in [6, 6.07) is 10.8. The van der Waals surface area contributed by atoms with Crippen LogP contribution in [-0.2, 0) is 9.53 Å². The van der Waals surface area contributed by atoms with E-state index in [0.29, 0.717) is 16.3 Å². The SMILES string of the molecule is NC(=O)N[C@H](CC(=O)OCCOc1ccc(F)cc1)c1ccccc1Cl. The van der Waals surface area contributed by atoms with Crippen LogP contribution in [0.2, 0.25) is 5.02 Å². The number of benzene rings is 2. The fraction of sp³-hybridized carbons (Fsp3) is 0.222. The number of hydrogen-bond donors (Lipinski definition) is 2. The van der Waals surface area contributed by atoms with Crippen LogP contribution in [0.25, 0.3) is 0 Å². The van der Waals surface area contributed by atoms with Crippen molar-refractivity contribution in [2.45, 2.75) is 12.5 Å². The number of amides is 2. The van der Waals surface area contributed by atoms with Crippen molar-refractivity contribution in [3.63, 3.8) is 0 Å². The highest BCUT2D eigenvalue weighted by molar-refractivity contribution is 6.31. The number of esters is 1. The normalized spacial score (nSPS) is 11.5. The van der Waals surface area contributed by atoms with Gasteiger partial charge >= 0.3 is 12.0 Å². The summed E-state index contributed by atoms with van der Waals surface area (Å²) < 4.78 is 23.2. The lowest BCUT2D eigenvalue weighted by Crippen LogP contribution is -2.35. The zero-order valence-electron chi connectivity index (χ0n) is 13.8. The molecule has 0 heterocycles. The van der Waals surface area contributed by atoms with Crippen LogP contribution in [0, 0.1) is 5.82 Å². The second-order valence-electron chi connectivity index (χ2n) is 5.31. The number of carbonyl (C=O) groups is 2. The van der Waals surface area contributed by atoms with E-state index in [1.165, 1.54) is 24.3 Å². The molecule has 1 atom stereocenters. The lowest BCUT2D eigenvalue weighted by Gasteiger charge is -2.18. The van der Waals surface area contributed by atoms with E-state index in [9.17, 15) is 14.0 Å². The van der Waals surface area contributed by atoms with Crippen LogP contribution < -0.4 is 15.8 Å². The number of nitrogens with two attached hydrogens (primary N) is 1. The summed E-state index contributed by atoms with van der Waals surface area (Å²) >= 11 is 6.10. The van der Waals surface area contributed by atoms with E-state index in [4.69, 9.17) is 26.8 Å². The number of primary amides is 1. The first kappa shape index (κ1) is 19.5. The summed E-state index contributed by atoms with van der Waals surface area (Å²) in [4.78, 5) is 23.2. The minimum absolute atomic E-state index is 0.00201. The van der Waals surface area contributed by atoms with Crippen molar-refractivity contribution < 1.29 is 23.5 Å². The lowest BCUT2D eigenvalue weighted by atomic mass is 10.0. The number of ether oxygens (including phenoxy) is 2. The molecule has 0 fully saturated rings. The van der Waals surface area contributed by atoms with E-state index in [-0.39, 0.29) is 25.5 Å². The van der Waals surface area contributed by atoms with Gasteiger partial charge in [0.1, 0.15) is 24.8 Å². The van der Waals surface area contributed by atoms with Gasteiger partial charge in [-0.15, -0.1) is 0 Å². The largest absolute Gasteiger partial charge is 0.490 e. The van der Waals surface area contributed by atoms with Gasteiger partial charge in [0.2, 0.25) is 0 Å². The Kier molecular flexibility index (Phi) is 7.23. The Morgan fingerprint density at radius 2 is 1.81 bits per heavy atom. The molecule has 2 aromatic carbocycles. The summed E-state index contributed by atoms with van der Waals surface area (Å²) in [5.41, 5.74) is 5.72. The fourth-order valence-electron chi connectivity index (χ4n) is 2.24. The van der Waals surface area contributed by atoms with Gasteiger partial charge in [-0.25, -0.2) is 9.18 Å². The van der Waals surface area contributed by atoms with Crippen molar-refractivity contribution in [3.05, 3.63) is 64.9 Å². The van der Waals surface area contributed by atoms with Gasteiger partial charge in [0.05, 0.1) is 12.5 Å². The Morgan fingerprint density at radius 3 is 2.46 bits per heavy atom. The first-order chi connectivity index (χ1) is 12.5. The average Bonchev–Trinajstić information content (AvgIpc) is 2.60. The molecule has 26 heavy (non-hydrogen) atoms. The molecule has 0 radical (unpaired) electrons. The molecule has 0 spiro atoms. The Labute approximate surface area is 155 Å². The quantitative estimate of drug-likeness (QED) is 0.543. The van der Waals surface area contributed by atoms with Crippen LogP contribution in [0.15, 0.2) is 48.5 Å². The summed E-state index contributed by atoms with van der Waals surface area (Å²) in [5.74, 6) is -0.450. The van der Waals surface area contributed by atoms with Gasteiger partial charge in [0.15, 0.2) is 0 Å². The Hall–Kier alpha value is -2.80. The predicted octanol–water partition coefficient (Wildman–Crippen LogP) is 3.20. The minimum atomic E-state index is -0.776. The number of urea groups is 1. The monoisotopic (exact) mass is 380 g/mol. The average molecular weight is 381 g/mol. The van der Waals surface area contributed by atoms with E-state index < -0.39 is 18.0 Å². The smallest absolute Gasteiger partial charge is 0.312 e. The van der Waals surface area contributed by atoms with Crippen molar-refractivity contribution >= 4 is 23.6 Å². The molecule has 3 N–H and O–H groups in total. The summed E-state index contributed by atoms with van der Waals surface area (Å²) in [5, 5.41) is 2.88. The second kappa shape index (κ2) is 9.62. The van der Waals surface area contributed by atoms with Crippen LogP contribution in [0.3, 0.4) is 0 Å². The van der Waals surface area contributed by atoms with Crippen LogP contribution in [0.1, 0.15) is 18.0 Å². The Balaban J connectivity index is 1.84. The van der Waals surface area contributed by atoms with Gasteiger partial charge in [0.25, 0.3) is 0 Å². The molecular formula is C18H18ClFN2O4. The molecule has 0 saturated carbocycles. The van der Waals surface area contributed by atoms with Gasteiger partial charge in [-0.2, -0.15) is 0 Å². The molecule has 138 valence electrons. The van der Waals surface area contributed by atoms with Gasteiger partial charge in [0, 0.05) is 5.02 Å². The third kappa shape index (κ3) is 6.25. The molecule has 2 amide bonds. The maximum atomic E-state index is 12.8. The number of rotatable bonds is 8. The Morgan fingerprint density at radius 1 is 1.12 bits per heavy atom. The van der Waals surface area contributed by atoms with E-state index >= 15 is 0 Å². The third-order valence-corrected chi connectivity index (χ3v) is 3.74. The fourth-order valence-corrected chi connectivity index (χ4v) is 2.51. The van der Waals surface area contributed by atoms with Crippen LogP contribution in [0.5, 0.6) is 5.75 Å². The topological polar surface area (TPSA) is 90.7 Å². The zero-order valence-corrected chi connectivity index (χ0v) is 14.5. The minimum Gasteiger partial charge on any atom is -0.490 e. The Bertz CT molecular complexity index is 755. The highest BCUT2D eigenvalue weighted by Gasteiger charge is 2.20. The standard InChI is InChI=1S/C18H18ClFN2O4/c19-15-4-2-1-3-14(15)16(22-18(21)24)11-17(23)26-10-9-25-13-7-5-12(20)6-8-13/h1-8,16H,9-11H2,(H3,21,22,24)/t16-/m1/s1. The maximum Gasteiger partial charge on any atom is 0.312 e. The van der Waals surface area contributed by atoms with E-state index in [1.807, 2.05) is 0 Å². The van der Waals surface area contributed by atoms with Crippen molar-refractivity contribution in [2.24, 2.45) is 5.73 Å². The van der Waals surface area contributed by atoms with Crippen molar-refractivity contribution in [1.29, 1.82) is 0 Å². The summed E-state index contributed by atoms with van der Waals surface area (Å²) in [7, 11) is 0. The first-order valence-corrected chi connectivity index (χ1v) is 8.18. The van der Waals surface area contributed by atoms with Crippen molar-refractivity contribution in [1.82, 2.24) is 5.32 Å². The molecule has 0 aliphatic rings. The second-order valence-corrected chi connectivity index (χ2v) is 5.72. The molecule has 0 aliphatic heterocycles. The number of hydrogen-bond acceptors (Lipinski definition) is 4. The molecule has 2 rings (SSSR count). The predicted molar refractivity (Wildman–Crippen MR) is 94.4 cm³/mol. The number of carbonyl (C=O) groups excluding carboxylic acids is 2. The van der Waals surface area contributed by atoms with Crippen molar-refractivity contribution in [2.75, 3.05) is 13.2 Å². The molecule has 0 aliphatic carbocycles. The molecule has 6 nitrogen and oxygen atoms in total. The number of nitrogens with one attached hydrogen (secondary N) is 1. The summed E-state index contributed by atoms with van der Waals surface area (Å²) in [6.07, 6.45) is -0.136. The molecule has 0 saturated heterocycles. The zero-order chi connectivity index (χ0) is 18.9. The highest BCUT2D eigenvalue weighted by atomic mass is 35.5. The van der Waals surface area contributed by atoms with Crippen LogP contribution in [0.4, 0.5) is 9.18 Å². The first-order valence-electron chi connectivity index (χ1n) is 7.80. The van der Waals surface area contributed by atoms with E-state index in [2.05, 4.69) is 5.32 Å². The molecule has 0 aromatic heterocycles. The van der Waals surface area contributed by atoms with Crippen LogP contribution >= 0.6 is 11.6 Å². The molecule has 0 bridgehead atoms. The highest BCUT2D eigenvalue weighted by Crippen LogP contribution is 2.25. The van der Waals surface area contributed by atoms with Gasteiger partial charge in [-0.1, -0.05) is 29.8 Å². The van der Waals surface area contributed by atoms with Gasteiger partial charge in [-0.3, -0.25) is 4.79 Å². The number of halogens is 2. The maximum absolute atomic E-state index is 12.8. The molecular weight excluding hydrogens is 363 g/mol. The summed E-state index contributed by atoms with van der Waals surface area (Å²) in [6.45, 7) is 0.111. The molecule has 0 unspecified atom stereocenters. The third-order valence-electron chi connectivity index (χ3n) is 3.40. The molecule has 2 aromatic rings. The van der Waals surface area contributed by atoms with Crippen LogP contribution in [-0.4, -0.2) is 25.2 Å².